The molecule has 1 unspecified atom stereocenters. The van der Waals surface area contributed by atoms with Crippen LogP contribution in [0.25, 0.3) is 0 Å². The maximum atomic E-state index is 11.5. The third-order valence-electron chi connectivity index (χ3n) is 2.87. The van der Waals surface area contributed by atoms with E-state index in [0.717, 1.165) is 19.4 Å². The molecule has 0 aromatic rings. The van der Waals surface area contributed by atoms with Gasteiger partial charge in [-0.2, -0.15) is 0 Å². The normalized spacial score (nSPS) is 14.2. The highest BCUT2D eigenvalue weighted by Crippen LogP contribution is 2.11. The first-order valence-electron chi connectivity index (χ1n) is 7.08. The number of unbranched alkanes of at least 4 members (excludes halogenated alkanes) is 3. The molecule has 4 nitrogen and oxygen atoms in total. The van der Waals surface area contributed by atoms with Crippen molar-refractivity contribution in [3.8, 4) is 0 Å². The quantitative estimate of drug-likeness (QED) is 0.458. The molecule has 4 heteroatoms. The van der Waals surface area contributed by atoms with E-state index in [1.165, 1.54) is 19.3 Å². The molecule has 1 atom stereocenters. The van der Waals surface area contributed by atoms with Crippen molar-refractivity contribution in [1.82, 2.24) is 0 Å². The highest BCUT2D eigenvalue weighted by molar-refractivity contribution is 5.79. The maximum absolute atomic E-state index is 11.5. The van der Waals surface area contributed by atoms with E-state index in [1.807, 2.05) is 0 Å². The first-order valence-corrected chi connectivity index (χ1v) is 7.08. The smallest absolute Gasteiger partial charge is 0.325 e. The van der Waals surface area contributed by atoms with Gasteiger partial charge in [-0.25, -0.2) is 0 Å². The fourth-order valence-corrected chi connectivity index (χ4v) is 1.67. The topological polar surface area (TPSA) is 61.5 Å². The minimum Gasteiger partial charge on any atom is -0.465 e. The van der Waals surface area contributed by atoms with E-state index in [-0.39, 0.29) is 5.97 Å². The van der Waals surface area contributed by atoms with Gasteiger partial charge in [0.1, 0.15) is 5.54 Å². The van der Waals surface area contributed by atoms with Crippen LogP contribution in [0.1, 0.15) is 59.3 Å². The number of ether oxygens (including phenoxy) is 2. The van der Waals surface area contributed by atoms with Gasteiger partial charge in [-0.05, 0) is 33.1 Å². The summed E-state index contributed by atoms with van der Waals surface area (Å²) in [7, 11) is 0. The number of esters is 1. The number of hydrogen-bond donors (Lipinski definition) is 1. The number of hydrogen-bond acceptors (Lipinski definition) is 4. The Balaban J connectivity index is 3.49. The summed E-state index contributed by atoms with van der Waals surface area (Å²) in [6, 6.07) is 0. The number of carbonyl (C=O) groups is 1. The Bertz CT molecular complexity index is 217. The van der Waals surface area contributed by atoms with Gasteiger partial charge in [0.25, 0.3) is 0 Å². The molecular formula is C14H29NO3. The molecule has 0 aliphatic carbocycles. The summed E-state index contributed by atoms with van der Waals surface area (Å²) in [6.07, 6.45) is 6.25. The Hall–Kier alpha value is -0.610. The van der Waals surface area contributed by atoms with Crippen molar-refractivity contribution in [1.29, 1.82) is 0 Å². The van der Waals surface area contributed by atoms with E-state index in [0.29, 0.717) is 19.6 Å². The zero-order valence-corrected chi connectivity index (χ0v) is 12.2. The highest BCUT2D eigenvalue weighted by Gasteiger charge is 2.28. The fourth-order valence-electron chi connectivity index (χ4n) is 1.67. The first kappa shape index (κ1) is 17.4. The van der Waals surface area contributed by atoms with Crippen molar-refractivity contribution >= 4 is 5.97 Å². The van der Waals surface area contributed by atoms with Crippen molar-refractivity contribution in [2.24, 2.45) is 5.73 Å². The Kier molecular flexibility index (Phi) is 9.98. The van der Waals surface area contributed by atoms with Crippen LogP contribution in [-0.4, -0.2) is 31.3 Å². The second kappa shape index (κ2) is 10.3. The van der Waals surface area contributed by atoms with Crippen LogP contribution < -0.4 is 5.73 Å². The molecule has 0 rings (SSSR count). The molecule has 0 aliphatic heterocycles. The molecule has 18 heavy (non-hydrogen) atoms. The van der Waals surface area contributed by atoms with Gasteiger partial charge in [0.05, 0.1) is 6.61 Å². The molecule has 0 spiro atoms. The third-order valence-corrected chi connectivity index (χ3v) is 2.87. The second-order valence-corrected chi connectivity index (χ2v) is 4.91. The van der Waals surface area contributed by atoms with Crippen LogP contribution in [0.15, 0.2) is 0 Å². The molecule has 108 valence electrons. The van der Waals surface area contributed by atoms with Crippen LogP contribution in [0, 0.1) is 0 Å². The summed E-state index contributed by atoms with van der Waals surface area (Å²) >= 11 is 0. The number of nitrogens with two attached hydrogens (primary N) is 1. The lowest BCUT2D eigenvalue weighted by atomic mass is 9.98. The Labute approximate surface area is 111 Å². The van der Waals surface area contributed by atoms with Gasteiger partial charge in [-0.15, -0.1) is 0 Å². The molecule has 0 fully saturated rings. The third kappa shape index (κ3) is 8.48. The van der Waals surface area contributed by atoms with Crippen LogP contribution in [0.3, 0.4) is 0 Å². The van der Waals surface area contributed by atoms with Crippen molar-refractivity contribution < 1.29 is 14.3 Å². The molecule has 0 bridgehead atoms. The lowest BCUT2D eigenvalue weighted by Crippen LogP contribution is -2.46. The van der Waals surface area contributed by atoms with E-state index < -0.39 is 5.54 Å². The predicted octanol–water partition coefficient (Wildman–Crippen LogP) is 2.64. The average Bonchev–Trinajstić information content (AvgIpc) is 2.33. The van der Waals surface area contributed by atoms with E-state index >= 15 is 0 Å². The number of carbonyl (C=O) groups excluding carboxylic acids is 1. The zero-order chi connectivity index (χ0) is 13.9. The monoisotopic (exact) mass is 259 g/mol. The standard InChI is InChI=1S/C14H29NO3/c1-4-6-7-8-11-17-12-9-10-14(3,15)13(16)18-5-2/h4-12,15H2,1-3H3. The number of rotatable bonds is 11. The van der Waals surface area contributed by atoms with Crippen molar-refractivity contribution in [3.05, 3.63) is 0 Å². The van der Waals surface area contributed by atoms with Crippen LogP contribution in [0.5, 0.6) is 0 Å². The van der Waals surface area contributed by atoms with Crippen molar-refractivity contribution in [2.45, 2.75) is 64.8 Å². The molecule has 0 saturated carbocycles. The fraction of sp³-hybridized carbons (Fsp3) is 0.929. The molecular weight excluding hydrogens is 230 g/mol. The molecule has 0 aromatic carbocycles. The Morgan fingerprint density at radius 1 is 1.11 bits per heavy atom. The van der Waals surface area contributed by atoms with Gasteiger partial charge >= 0.3 is 5.97 Å². The Morgan fingerprint density at radius 2 is 1.78 bits per heavy atom. The van der Waals surface area contributed by atoms with Gasteiger partial charge in [-0.1, -0.05) is 26.2 Å². The van der Waals surface area contributed by atoms with E-state index in [4.69, 9.17) is 15.2 Å². The minimum atomic E-state index is -0.887. The van der Waals surface area contributed by atoms with Crippen molar-refractivity contribution in [2.75, 3.05) is 19.8 Å². The summed E-state index contributed by atoms with van der Waals surface area (Å²) in [5.74, 6) is -0.326. The first-order chi connectivity index (χ1) is 8.54. The van der Waals surface area contributed by atoms with Gasteiger partial charge < -0.3 is 15.2 Å². The summed E-state index contributed by atoms with van der Waals surface area (Å²) in [6.45, 7) is 7.54. The molecule has 0 heterocycles. The van der Waals surface area contributed by atoms with Crippen LogP contribution in [-0.2, 0) is 14.3 Å². The lowest BCUT2D eigenvalue weighted by Gasteiger charge is -2.21. The maximum Gasteiger partial charge on any atom is 0.325 e. The molecule has 2 N–H and O–H groups in total. The lowest BCUT2D eigenvalue weighted by molar-refractivity contribution is -0.149. The van der Waals surface area contributed by atoms with Gasteiger partial charge in [0.15, 0.2) is 0 Å². The van der Waals surface area contributed by atoms with Crippen molar-refractivity contribution in [3.63, 3.8) is 0 Å². The van der Waals surface area contributed by atoms with E-state index in [1.54, 1.807) is 13.8 Å². The molecule has 0 saturated heterocycles. The molecule has 0 aliphatic rings. The summed E-state index contributed by atoms with van der Waals surface area (Å²) in [5.41, 5.74) is 5.01. The summed E-state index contributed by atoms with van der Waals surface area (Å²) in [5, 5.41) is 0. The summed E-state index contributed by atoms with van der Waals surface area (Å²) in [4.78, 5) is 11.5. The molecule has 0 amide bonds. The van der Waals surface area contributed by atoms with Gasteiger partial charge in [-0.3, -0.25) is 4.79 Å². The summed E-state index contributed by atoms with van der Waals surface area (Å²) < 4.78 is 10.4. The largest absolute Gasteiger partial charge is 0.465 e. The second-order valence-electron chi connectivity index (χ2n) is 4.91. The van der Waals surface area contributed by atoms with Gasteiger partial charge in [0.2, 0.25) is 0 Å². The average molecular weight is 259 g/mol. The van der Waals surface area contributed by atoms with Crippen LogP contribution >= 0.6 is 0 Å². The van der Waals surface area contributed by atoms with E-state index in [9.17, 15) is 4.79 Å². The molecule has 0 aromatic heterocycles. The zero-order valence-electron chi connectivity index (χ0n) is 12.2. The van der Waals surface area contributed by atoms with E-state index in [2.05, 4.69) is 6.92 Å². The van der Waals surface area contributed by atoms with Crippen LogP contribution in [0.4, 0.5) is 0 Å². The minimum absolute atomic E-state index is 0.326. The molecule has 0 radical (unpaired) electrons. The SMILES string of the molecule is CCCCCCOCCCC(C)(N)C(=O)OCC. The highest BCUT2D eigenvalue weighted by atomic mass is 16.5. The predicted molar refractivity (Wildman–Crippen MR) is 73.4 cm³/mol. The van der Waals surface area contributed by atoms with Gasteiger partial charge in [0, 0.05) is 13.2 Å². The Morgan fingerprint density at radius 3 is 2.39 bits per heavy atom. The van der Waals surface area contributed by atoms with Crippen LogP contribution in [0.2, 0.25) is 0 Å².